The lowest BCUT2D eigenvalue weighted by Crippen LogP contribution is -2.17. The Hall–Kier alpha value is -1.92. The van der Waals surface area contributed by atoms with Gasteiger partial charge in [0, 0.05) is 0 Å². The van der Waals surface area contributed by atoms with Crippen LogP contribution in [0, 0.1) is 0 Å². The summed E-state index contributed by atoms with van der Waals surface area (Å²) in [7, 11) is 2.55. The van der Waals surface area contributed by atoms with Gasteiger partial charge in [0.2, 0.25) is 0 Å². The predicted octanol–water partition coefficient (Wildman–Crippen LogP) is 0.751. The first-order chi connectivity index (χ1) is 8.54. The molecular weight excluding hydrogens is 238 g/mol. The normalized spacial score (nSPS) is 12.0. The van der Waals surface area contributed by atoms with Crippen molar-refractivity contribution in [2.24, 2.45) is 0 Å². The van der Waals surface area contributed by atoms with Crippen LogP contribution in [-0.4, -0.2) is 41.2 Å². The van der Waals surface area contributed by atoms with Gasteiger partial charge in [-0.05, 0) is 13.3 Å². The number of rotatable bonds is 5. The largest absolute Gasteiger partial charge is 0.469 e. The summed E-state index contributed by atoms with van der Waals surface area (Å²) >= 11 is 0. The van der Waals surface area contributed by atoms with Crippen LogP contribution >= 0.6 is 0 Å². The molecule has 1 heterocycles. The average molecular weight is 255 g/mol. The van der Waals surface area contributed by atoms with Crippen molar-refractivity contribution in [3.8, 4) is 0 Å². The molecule has 0 radical (unpaired) electrons. The van der Waals surface area contributed by atoms with E-state index >= 15 is 0 Å². The lowest BCUT2D eigenvalue weighted by Gasteiger charge is -2.12. The lowest BCUT2D eigenvalue weighted by molar-refractivity contribution is -0.139. The minimum Gasteiger partial charge on any atom is -0.469 e. The van der Waals surface area contributed by atoms with Gasteiger partial charge in [0.05, 0.1) is 32.4 Å². The number of methoxy groups -OCH3 is 2. The van der Waals surface area contributed by atoms with Crippen LogP contribution in [0.4, 0.5) is 0 Å². The van der Waals surface area contributed by atoms with Crippen LogP contribution in [0.5, 0.6) is 0 Å². The summed E-state index contributed by atoms with van der Waals surface area (Å²) in [5.74, 6) is -1.06. The van der Waals surface area contributed by atoms with E-state index in [1.807, 2.05) is 13.8 Å². The fraction of sp³-hybridized carbons (Fsp3) is 0.636. The smallest absolute Gasteiger partial charge is 0.360 e. The van der Waals surface area contributed by atoms with Crippen LogP contribution in [0.15, 0.2) is 0 Å². The van der Waals surface area contributed by atoms with E-state index in [1.54, 1.807) is 4.68 Å². The molecule has 18 heavy (non-hydrogen) atoms. The molecule has 7 heteroatoms. The van der Waals surface area contributed by atoms with Crippen molar-refractivity contribution in [3.63, 3.8) is 0 Å². The van der Waals surface area contributed by atoms with Crippen LogP contribution in [0.1, 0.15) is 42.5 Å². The maximum absolute atomic E-state index is 11.5. The molecule has 1 aromatic heterocycles. The molecule has 0 saturated heterocycles. The minimum atomic E-state index is -0.608. The Bertz CT molecular complexity index is 441. The average Bonchev–Trinajstić information content (AvgIpc) is 2.80. The van der Waals surface area contributed by atoms with E-state index in [0.29, 0.717) is 5.69 Å². The summed E-state index contributed by atoms with van der Waals surface area (Å²) in [4.78, 5) is 22.9. The second kappa shape index (κ2) is 6.13. The van der Waals surface area contributed by atoms with Gasteiger partial charge in [0.25, 0.3) is 0 Å². The molecule has 0 fully saturated rings. The van der Waals surface area contributed by atoms with Gasteiger partial charge < -0.3 is 9.47 Å². The third-order valence-electron chi connectivity index (χ3n) is 2.72. The van der Waals surface area contributed by atoms with Crippen molar-refractivity contribution in [1.29, 1.82) is 0 Å². The van der Waals surface area contributed by atoms with Crippen LogP contribution in [-0.2, 0) is 20.7 Å². The number of ether oxygens (including phenoxy) is 2. The summed E-state index contributed by atoms with van der Waals surface area (Å²) < 4.78 is 10.8. The quantitative estimate of drug-likeness (QED) is 0.722. The van der Waals surface area contributed by atoms with E-state index in [-0.39, 0.29) is 18.2 Å². The Balaban J connectivity index is 3.16. The fourth-order valence-electron chi connectivity index (χ4n) is 1.47. The number of carbonyl (C=O) groups excluding carboxylic acids is 2. The molecule has 1 rings (SSSR count). The molecule has 100 valence electrons. The molecule has 1 unspecified atom stereocenters. The summed E-state index contributed by atoms with van der Waals surface area (Å²) in [6.45, 7) is 3.91. The van der Waals surface area contributed by atoms with Gasteiger partial charge in [0.15, 0.2) is 5.69 Å². The van der Waals surface area contributed by atoms with Crippen LogP contribution in [0.2, 0.25) is 0 Å². The van der Waals surface area contributed by atoms with Crippen molar-refractivity contribution in [1.82, 2.24) is 15.0 Å². The van der Waals surface area contributed by atoms with Crippen LogP contribution in [0.25, 0.3) is 0 Å². The van der Waals surface area contributed by atoms with Gasteiger partial charge in [-0.1, -0.05) is 12.1 Å². The lowest BCUT2D eigenvalue weighted by atomic mass is 10.2. The number of esters is 2. The van der Waals surface area contributed by atoms with Crippen molar-refractivity contribution in [3.05, 3.63) is 11.4 Å². The highest BCUT2D eigenvalue weighted by Gasteiger charge is 2.24. The van der Waals surface area contributed by atoms with E-state index in [0.717, 1.165) is 6.42 Å². The highest BCUT2D eigenvalue weighted by atomic mass is 16.5. The van der Waals surface area contributed by atoms with E-state index in [9.17, 15) is 9.59 Å². The number of carbonyl (C=O) groups is 2. The van der Waals surface area contributed by atoms with E-state index < -0.39 is 11.9 Å². The number of nitrogens with zero attached hydrogens (tertiary/aromatic N) is 3. The molecule has 0 bridgehead atoms. The summed E-state index contributed by atoms with van der Waals surface area (Å²) in [5.41, 5.74) is 0.478. The Morgan fingerprint density at radius 1 is 1.33 bits per heavy atom. The number of aromatic nitrogens is 3. The molecule has 0 saturated carbocycles. The molecule has 1 atom stereocenters. The van der Waals surface area contributed by atoms with Gasteiger partial charge in [0.1, 0.15) is 0 Å². The SMILES string of the molecule is CCC(C)n1nnc(C(=O)OC)c1CC(=O)OC. The molecule has 0 spiro atoms. The molecule has 0 aromatic carbocycles. The van der Waals surface area contributed by atoms with Crippen molar-refractivity contribution in [2.45, 2.75) is 32.7 Å². The number of hydrogen-bond acceptors (Lipinski definition) is 6. The zero-order valence-corrected chi connectivity index (χ0v) is 11.0. The second-order valence-electron chi connectivity index (χ2n) is 3.83. The first-order valence-electron chi connectivity index (χ1n) is 5.64. The zero-order valence-electron chi connectivity index (χ0n) is 11.0. The molecule has 0 aliphatic heterocycles. The topological polar surface area (TPSA) is 83.3 Å². The van der Waals surface area contributed by atoms with Crippen LogP contribution < -0.4 is 0 Å². The summed E-state index contributed by atoms with van der Waals surface area (Å²) in [6, 6.07) is 0.0376. The monoisotopic (exact) mass is 255 g/mol. The van der Waals surface area contributed by atoms with Gasteiger partial charge in [-0.15, -0.1) is 5.10 Å². The molecule has 0 amide bonds. The Kier molecular flexibility index (Phi) is 4.82. The second-order valence-corrected chi connectivity index (χ2v) is 3.83. The first kappa shape index (κ1) is 14.1. The standard InChI is InChI=1S/C11H17N3O4/c1-5-7(2)14-8(6-9(15)17-3)10(12-13-14)11(16)18-4/h7H,5-6H2,1-4H3. The zero-order chi connectivity index (χ0) is 13.7. The molecule has 7 nitrogen and oxygen atoms in total. The molecule has 1 aromatic rings. The molecule has 0 N–H and O–H groups in total. The first-order valence-corrected chi connectivity index (χ1v) is 5.64. The molecule has 0 aliphatic rings. The fourth-order valence-corrected chi connectivity index (χ4v) is 1.47. The highest BCUT2D eigenvalue weighted by Crippen LogP contribution is 2.16. The van der Waals surface area contributed by atoms with Crippen LogP contribution in [0.3, 0.4) is 0 Å². The third-order valence-corrected chi connectivity index (χ3v) is 2.72. The Morgan fingerprint density at radius 3 is 2.50 bits per heavy atom. The van der Waals surface area contributed by atoms with Gasteiger partial charge in [-0.2, -0.15) is 0 Å². The van der Waals surface area contributed by atoms with E-state index in [1.165, 1.54) is 14.2 Å². The minimum absolute atomic E-state index is 0.0376. The van der Waals surface area contributed by atoms with Gasteiger partial charge in [-0.3, -0.25) is 4.79 Å². The molecule has 0 aliphatic carbocycles. The Labute approximate surface area is 105 Å². The highest BCUT2D eigenvalue weighted by molar-refractivity contribution is 5.89. The third kappa shape index (κ3) is 2.85. The number of hydrogen-bond donors (Lipinski definition) is 0. The van der Waals surface area contributed by atoms with E-state index in [4.69, 9.17) is 0 Å². The van der Waals surface area contributed by atoms with Crippen molar-refractivity contribution >= 4 is 11.9 Å². The summed E-state index contributed by atoms with van der Waals surface area (Å²) in [6.07, 6.45) is 0.746. The molecular formula is C11H17N3O4. The maximum Gasteiger partial charge on any atom is 0.360 e. The van der Waals surface area contributed by atoms with Gasteiger partial charge in [-0.25, -0.2) is 9.48 Å². The summed E-state index contributed by atoms with van der Waals surface area (Å²) in [5, 5.41) is 7.68. The Morgan fingerprint density at radius 2 is 2.00 bits per heavy atom. The van der Waals surface area contributed by atoms with Crippen molar-refractivity contribution in [2.75, 3.05) is 14.2 Å². The predicted molar refractivity (Wildman–Crippen MR) is 62.1 cm³/mol. The van der Waals surface area contributed by atoms with Crippen molar-refractivity contribution < 1.29 is 19.1 Å². The van der Waals surface area contributed by atoms with E-state index in [2.05, 4.69) is 19.8 Å². The maximum atomic E-state index is 11.5. The van der Waals surface area contributed by atoms with Gasteiger partial charge >= 0.3 is 11.9 Å².